The van der Waals surface area contributed by atoms with Gasteiger partial charge in [0.05, 0.1) is 19.3 Å². The summed E-state index contributed by atoms with van der Waals surface area (Å²) in [7, 11) is 2.18. The van der Waals surface area contributed by atoms with Crippen LogP contribution in [0.25, 0.3) is 33.8 Å². The molecule has 5 heterocycles. The smallest absolute Gasteiger partial charge is 0.329 e. The van der Waals surface area contributed by atoms with Crippen molar-refractivity contribution in [2.75, 3.05) is 18.4 Å². The van der Waals surface area contributed by atoms with E-state index in [1.54, 1.807) is 0 Å². The van der Waals surface area contributed by atoms with Crippen molar-refractivity contribution < 1.29 is 9.28 Å². The van der Waals surface area contributed by atoms with E-state index < -0.39 is 0 Å². The van der Waals surface area contributed by atoms with Gasteiger partial charge in [-0.15, -0.1) is 5.10 Å². The molecule has 3 aromatic carbocycles. The fourth-order valence-electron chi connectivity index (χ4n) is 6.53. The van der Waals surface area contributed by atoms with Crippen LogP contribution in [0.4, 0.5) is 5.69 Å². The Morgan fingerprint density at radius 2 is 1.51 bits per heavy atom. The number of fused-ring (bicyclic) bond motifs is 2. The highest BCUT2D eigenvalue weighted by Crippen LogP contribution is 2.36. The van der Waals surface area contributed by atoms with Gasteiger partial charge < -0.3 is 9.79 Å². The number of hydrogen-bond donors (Lipinski definition) is 1. The maximum atomic E-state index is 11.6. The maximum absolute atomic E-state index is 11.6. The zero-order valence-electron chi connectivity index (χ0n) is 25.1. The van der Waals surface area contributed by atoms with E-state index in [0.717, 1.165) is 58.4 Å². The molecule has 1 fully saturated rings. The number of likely N-dealkylation sites (tertiary alicyclic amines) is 1. The molecule has 0 spiro atoms. The number of amidine groups is 1. The van der Waals surface area contributed by atoms with E-state index in [-0.39, 0.29) is 5.91 Å². The summed E-state index contributed by atoms with van der Waals surface area (Å²) in [5.41, 5.74) is 9.37. The van der Waals surface area contributed by atoms with Crippen LogP contribution in [0, 0.1) is 0 Å². The second-order valence-corrected chi connectivity index (χ2v) is 11.7. The van der Waals surface area contributed by atoms with Crippen molar-refractivity contribution in [2.24, 2.45) is 0 Å². The number of rotatable bonds is 5. The molecule has 1 amide bonds. The lowest BCUT2D eigenvalue weighted by atomic mass is 9.92. The second-order valence-electron chi connectivity index (χ2n) is 11.7. The molecule has 0 atom stereocenters. The van der Waals surface area contributed by atoms with E-state index in [1.807, 2.05) is 29.1 Å². The zero-order chi connectivity index (χ0) is 30.3. The summed E-state index contributed by atoms with van der Waals surface area (Å²) in [6.45, 7) is 3.64. The standard InChI is InChI=1S/C36H32BN7O/c1-25(45)38-30-16-14-29(15-17-30)36-32-18-20-34(41-22-6-3-7-23-41)43(32)37-44-33(36)19-21-35(44)42-24-31(39-40-42)28-12-10-27(11-13-28)26-8-4-2-5-9-26/h2,4-5,8-21,24H,3,6-7,22-23H2,1H3,(H,38,45)/q+1. The number of benzene rings is 3. The quantitative estimate of drug-likeness (QED) is 0.256. The first-order valence-electron chi connectivity index (χ1n) is 15.5. The number of amides is 1. The predicted octanol–water partition coefficient (Wildman–Crippen LogP) is 5.98. The molecule has 8 nitrogen and oxygen atoms in total. The Morgan fingerprint density at radius 3 is 2.27 bits per heavy atom. The molecule has 2 aromatic heterocycles. The van der Waals surface area contributed by atoms with Gasteiger partial charge in [0.25, 0.3) is 5.84 Å². The molecule has 3 aliphatic heterocycles. The third-order valence-corrected chi connectivity index (χ3v) is 8.73. The van der Waals surface area contributed by atoms with Gasteiger partial charge in [0.2, 0.25) is 5.91 Å². The molecular weight excluding hydrogens is 557 g/mol. The molecule has 8 rings (SSSR count). The number of nitrogens with one attached hydrogen (secondary N) is 1. The number of anilines is 1. The molecule has 0 bridgehead atoms. The highest BCUT2D eigenvalue weighted by Gasteiger charge is 2.37. The normalized spacial score (nSPS) is 15.6. The van der Waals surface area contributed by atoms with Crippen molar-refractivity contribution in [1.82, 2.24) is 24.4 Å². The van der Waals surface area contributed by atoms with Gasteiger partial charge in [-0.2, -0.15) is 0 Å². The SMILES string of the molecule is CC(=O)Nc1ccc(C2=C3C=CC(N4CCCCC4)=[N+]3[B]n3c2ccc3-n2cc(-c3ccc(-c4ccccc4)cc3)nn2)cc1. The minimum absolute atomic E-state index is 0.0828. The van der Waals surface area contributed by atoms with Crippen LogP contribution >= 0.6 is 0 Å². The maximum Gasteiger partial charge on any atom is 0.553 e. The van der Waals surface area contributed by atoms with Crippen LogP contribution < -0.4 is 5.32 Å². The summed E-state index contributed by atoms with van der Waals surface area (Å²) < 4.78 is 6.36. The lowest BCUT2D eigenvalue weighted by Gasteiger charge is -2.26. The first kappa shape index (κ1) is 27.1. The molecule has 219 valence electrons. The largest absolute Gasteiger partial charge is 0.553 e. The molecule has 3 aliphatic rings. The molecule has 1 saturated heterocycles. The van der Waals surface area contributed by atoms with Crippen LogP contribution in [-0.4, -0.2) is 61.2 Å². The summed E-state index contributed by atoms with van der Waals surface area (Å²) >= 11 is 0. The fraction of sp³-hybridized carbons (Fsp3) is 0.167. The van der Waals surface area contributed by atoms with Gasteiger partial charge >= 0.3 is 7.55 Å². The molecule has 1 N–H and O–H groups in total. The highest BCUT2D eigenvalue weighted by atomic mass is 16.1. The van der Waals surface area contributed by atoms with Crippen molar-refractivity contribution in [3.8, 4) is 28.2 Å². The number of hydrogen-bond acceptors (Lipinski definition) is 4. The Bertz CT molecular complexity index is 1990. The molecule has 0 unspecified atom stereocenters. The topological polar surface area (TPSA) is 71.0 Å². The highest BCUT2D eigenvalue weighted by molar-refractivity contribution is 6.29. The lowest BCUT2D eigenvalue weighted by molar-refractivity contribution is -0.320. The first-order chi connectivity index (χ1) is 22.1. The van der Waals surface area contributed by atoms with E-state index in [2.05, 4.69) is 122 Å². The Hall–Kier alpha value is -5.44. The summed E-state index contributed by atoms with van der Waals surface area (Å²) in [5, 5.41) is 12.0. The average molecular weight is 590 g/mol. The molecule has 9 heteroatoms. The minimum atomic E-state index is -0.0828. The van der Waals surface area contributed by atoms with Gasteiger partial charge in [0.15, 0.2) is 0 Å². The van der Waals surface area contributed by atoms with Crippen molar-refractivity contribution >= 4 is 30.6 Å². The summed E-state index contributed by atoms with van der Waals surface area (Å²) in [6.07, 6.45) is 10.1. The second kappa shape index (κ2) is 11.2. The van der Waals surface area contributed by atoms with Gasteiger partial charge in [0.1, 0.15) is 17.2 Å². The Morgan fingerprint density at radius 1 is 0.800 bits per heavy atom. The van der Waals surface area contributed by atoms with Gasteiger partial charge in [-0.05, 0) is 66.3 Å². The van der Waals surface area contributed by atoms with E-state index in [1.165, 1.54) is 43.1 Å². The number of piperidine rings is 1. The average Bonchev–Trinajstić information content (AvgIpc) is 3.84. The van der Waals surface area contributed by atoms with Gasteiger partial charge in [-0.1, -0.05) is 71.9 Å². The van der Waals surface area contributed by atoms with E-state index >= 15 is 0 Å². The summed E-state index contributed by atoms with van der Waals surface area (Å²) in [5.74, 6) is 2.02. The van der Waals surface area contributed by atoms with Crippen LogP contribution in [0.5, 0.6) is 0 Å². The Kier molecular flexibility index (Phi) is 6.78. The van der Waals surface area contributed by atoms with Crippen LogP contribution in [0.2, 0.25) is 0 Å². The van der Waals surface area contributed by atoms with Gasteiger partial charge in [-0.25, -0.2) is 4.68 Å². The van der Waals surface area contributed by atoms with Crippen molar-refractivity contribution in [3.05, 3.63) is 126 Å². The summed E-state index contributed by atoms with van der Waals surface area (Å²) in [6, 6.07) is 31.2. The van der Waals surface area contributed by atoms with E-state index in [0.29, 0.717) is 0 Å². The van der Waals surface area contributed by atoms with Gasteiger partial charge in [0, 0.05) is 35.5 Å². The molecule has 5 aromatic rings. The molecular formula is C36H32BN7O+. The molecule has 45 heavy (non-hydrogen) atoms. The van der Waals surface area contributed by atoms with Crippen LogP contribution in [-0.2, 0) is 4.79 Å². The van der Waals surface area contributed by atoms with Gasteiger partial charge in [-0.3, -0.25) is 14.2 Å². The number of carbonyl (C=O) groups is 1. The van der Waals surface area contributed by atoms with Crippen molar-refractivity contribution in [3.63, 3.8) is 0 Å². The van der Waals surface area contributed by atoms with Crippen molar-refractivity contribution in [2.45, 2.75) is 26.2 Å². The lowest BCUT2D eigenvalue weighted by Crippen LogP contribution is -2.42. The fourth-order valence-corrected chi connectivity index (χ4v) is 6.53. The third kappa shape index (κ3) is 5.00. The first-order valence-corrected chi connectivity index (χ1v) is 15.5. The third-order valence-electron chi connectivity index (χ3n) is 8.73. The van der Waals surface area contributed by atoms with Crippen molar-refractivity contribution in [1.29, 1.82) is 0 Å². The van der Waals surface area contributed by atoms with Crippen LogP contribution in [0.15, 0.2) is 115 Å². The van der Waals surface area contributed by atoms with Crippen LogP contribution in [0.3, 0.4) is 0 Å². The Labute approximate surface area is 262 Å². The monoisotopic (exact) mass is 589 g/mol. The number of nitrogens with zero attached hydrogens (tertiary/aromatic N) is 6. The number of allylic oxidation sites excluding steroid dienone is 1. The number of carbonyl (C=O) groups excluding carboxylic acids is 1. The molecule has 0 saturated carbocycles. The molecule has 1 radical (unpaired) electrons. The zero-order valence-corrected chi connectivity index (χ0v) is 25.1. The van der Waals surface area contributed by atoms with Crippen LogP contribution in [0.1, 0.15) is 37.4 Å². The summed E-state index contributed by atoms with van der Waals surface area (Å²) in [4.78, 5) is 14.1. The molecule has 0 aliphatic carbocycles. The Balaban J connectivity index is 1.18. The van der Waals surface area contributed by atoms with E-state index in [9.17, 15) is 4.79 Å². The minimum Gasteiger partial charge on any atom is -0.329 e. The number of aromatic nitrogens is 4. The predicted molar refractivity (Wildman–Crippen MR) is 178 cm³/mol. The van der Waals surface area contributed by atoms with E-state index in [4.69, 9.17) is 0 Å².